The highest BCUT2D eigenvalue weighted by atomic mass is 16.7. The molecule has 1 aliphatic heterocycles. The third-order valence-electron chi connectivity index (χ3n) is 4.29. The quantitative estimate of drug-likeness (QED) is 0.781. The predicted octanol–water partition coefficient (Wildman–Crippen LogP) is 2.71. The maximum absolute atomic E-state index is 6.17. The topological polar surface area (TPSA) is 39.7 Å². The molecule has 2 atom stereocenters. The van der Waals surface area contributed by atoms with Crippen LogP contribution in [0.3, 0.4) is 0 Å². The first-order chi connectivity index (χ1) is 9.65. The van der Waals surface area contributed by atoms with Crippen LogP contribution < -0.4 is 5.32 Å². The van der Waals surface area contributed by atoms with Crippen molar-refractivity contribution in [1.29, 1.82) is 0 Å². The molecule has 1 N–H and O–H groups in total. The van der Waals surface area contributed by atoms with Crippen LogP contribution in [0.5, 0.6) is 0 Å². The van der Waals surface area contributed by atoms with E-state index in [9.17, 15) is 0 Å². The van der Waals surface area contributed by atoms with E-state index in [1.54, 1.807) is 0 Å². The van der Waals surface area contributed by atoms with Crippen LogP contribution >= 0.6 is 0 Å². The predicted molar refractivity (Wildman–Crippen MR) is 79.8 cm³/mol. The average molecular weight is 285 g/mol. The third-order valence-corrected chi connectivity index (χ3v) is 4.29. The summed E-state index contributed by atoms with van der Waals surface area (Å²) in [5.41, 5.74) is 0. The number of hydrogen-bond donors (Lipinski definition) is 1. The van der Waals surface area contributed by atoms with Crippen molar-refractivity contribution in [3.63, 3.8) is 0 Å². The Kier molecular flexibility index (Phi) is 6.27. The van der Waals surface area contributed by atoms with Crippen molar-refractivity contribution in [3.8, 4) is 0 Å². The van der Waals surface area contributed by atoms with Gasteiger partial charge in [0.1, 0.15) is 0 Å². The number of rotatable bonds is 7. The van der Waals surface area contributed by atoms with Crippen molar-refractivity contribution in [2.24, 2.45) is 5.92 Å². The molecule has 118 valence electrons. The molecule has 1 heterocycles. The average Bonchev–Trinajstić information content (AvgIpc) is 2.86. The van der Waals surface area contributed by atoms with Crippen LogP contribution in [0.4, 0.5) is 0 Å². The molecule has 0 aromatic rings. The zero-order valence-electron chi connectivity index (χ0n) is 13.3. The van der Waals surface area contributed by atoms with E-state index in [0.717, 1.165) is 58.5 Å². The summed E-state index contributed by atoms with van der Waals surface area (Å²) in [6, 6.07) is 0.445. The first kappa shape index (κ1) is 16.2. The molecule has 2 unspecified atom stereocenters. The van der Waals surface area contributed by atoms with Gasteiger partial charge in [0, 0.05) is 25.5 Å². The normalized spacial score (nSPS) is 29.4. The number of nitrogens with one attached hydrogen (secondary N) is 1. The Morgan fingerprint density at radius 1 is 1.30 bits per heavy atom. The van der Waals surface area contributed by atoms with Gasteiger partial charge < -0.3 is 19.5 Å². The Labute approximate surface area is 123 Å². The number of hydrogen-bond acceptors (Lipinski definition) is 4. The van der Waals surface area contributed by atoms with E-state index in [1.807, 2.05) is 0 Å². The lowest BCUT2D eigenvalue weighted by molar-refractivity contribution is -0.207. The smallest absolute Gasteiger partial charge is 0.171 e. The molecule has 0 radical (unpaired) electrons. The van der Waals surface area contributed by atoms with E-state index in [4.69, 9.17) is 14.2 Å². The molecule has 0 bridgehead atoms. The van der Waals surface area contributed by atoms with Gasteiger partial charge in [0.05, 0.1) is 19.3 Å². The largest absolute Gasteiger partial charge is 0.376 e. The molecule has 1 saturated heterocycles. The second-order valence-corrected chi connectivity index (χ2v) is 6.50. The minimum Gasteiger partial charge on any atom is -0.376 e. The molecule has 2 aliphatic rings. The molecule has 1 spiro atoms. The van der Waals surface area contributed by atoms with Crippen molar-refractivity contribution < 1.29 is 14.2 Å². The van der Waals surface area contributed by atoms with Crippen molar-refractivity contribution in [2.75, 3.05) is 26.4 Å². The van der Waals surface area contributed by atoms with Crippen LogP contribution in [0.25, 0.3) is 0 Å². The van der Waals surface area contributed by atoms with Crippen LogP contribution in [0, 0.1) is 5.92 Å². The van der Waals surface area contributed by atoms with Crippen LogP contribution in [-0.2, 0) is 14.2 Å². The second-order valence-electron chi connectivity index (χ2n) is 6.50. The molecule has 20 heavy (non-hydrogen) atoms. The third kappa shape index (κ3) is 4.42. The fraction of sp³-hybridized carbons (Fsp3) is 1.00. The Morgan fingerprint density at radius 3 is 2.70 bits per heavy atom. The van der Waals surface area contributed by atoms with Crippen LogP contribution in [0.2, 0.25) is 0 Å². The molecule has 1 aliphatic carbocycles. The Bertz CT molecular complexity index is 277. The summed E-state index contributed by atoms with van der Waals surface area (Å²) in [6.07, 6.45) is 5.42. The highest BCUT2D eigenvalue weighted by molar-refractivity contribution is 4.92. The maximum Gasteiger partial charge on any atom is 0.171 e. The summed E-state index contributed by atoms with van der Waals surface area (Å²) < 4.78 is 17.9. The van der Waals surface area contributed by atoms with Gasteiger partial charge in [-0.3, -0.25) is 0 Å². The van der Waals surface area contributed by atoms with Gasteiger partial charge in [-0.05, 0) is 31.7 Å². The summed E-state index contributed by atoms with van der Waals surface area (Å²) in [6.45, 7) is 10.0. The minimum atomic E-state index is -0.354. The highest BCUT2D eigenvalue weighted by Crippen LogP contribution is 2.37. The standard InChI is InChI=1S/C16H31NO3/c1-4-8-17-14-5-7-16(19-10-11-20-16)12-15(14)18-9-6-13(2)3/h13-15,17H,4-12H2,1-3H3. The zero-order chi connectivity index (χ0) is 14.4. The Balaban J connectivity index is 1.87. The number of ether oxygens (including phenoxy) is 3. The van der Waals surface area contributed by atoms with Gasteiger partial charge in [-0.1, -0.05) is 20.8 Å². The lowest BCUT2D eigenvalue weighted by Crippen LogP contribution is -2.52. The highest BCUT2D eigenvalue weighted by Gasteiger charge is 2.45. The van der Waals surface area contributed by atoms with E-state index in [-0.39, 0.29) is 11.9 Å². The minimum absolute atomic E-state index is 0.215. The first-order valence-electron chi connectivity index (χ1n) is 8.28. The molecule has 0 amide bonds. The zero-order valence-corrected chi connectivity index (χ0v) is 13.3. The lowest BCUT2D eigenvalue weighted by Gasteiger charge is -2.41. The van der Waals surface area contributed by atoms with Gasteiger partial charge in [-0.15, -0.1) is 0 Å². The SMILES string of the molecule is CCCNC1CCC2(CC1OCCC(C)C)OCCO2. The second kappa shape index (κ2) is 7.74. The van der Waals surface area contributed by atoms with Gasteiger partial charge >= 0.3 is 0 Å². The van der Waals surface area contributed by atoms with Gasteiger partial charge in [0.15, 0.2) is 5.79 Å². The summed E-state index contributed by atoms with van der Waals surface area (Å²) in [4.78, 5) is 0. The molecule has 4 nitrogen and oxygen atoms in total. The monoisotopic (exact) mass is 285 g/mol. The molecule has 4 heteroatoms. The maximum atomic E-state index is 6.17. The van der Waals surface area contributed by atoms with E-state index < -0.39 is 0 Å². The molecule has 2 rings (SSSR count). The molecular weight excluding hydrogens is 254 g/mol. The van der Waals surface area contributed by atoms with Crippen molar-refractivity contribution in [3.05, 3.63) is 0 Å². The molecule has 2 fully saturated rings. The van der Waals surface area contributed by atoms with Crippen molar-refractivity contribution >= 4 is 0 Å². The van der Waals surface area contributed by atoms with Gasteiger partial charge in [-0.2, -0.15) is 0 Å². The fourth-order valence-electron chi connectivity index (χ4n) is 3.06. The summed E-state index contributed by atoms with van der Waals surface area (Å²) in [5, 5.41) is 3.63. The van der Waals surface area contributed by atoms with Crippen molar-refractivity contribution in [1.82, 2.24) is 5.32 Å². The Hall–Kier alpha value is -0.160. The lowest BCUT2D eigenvalue weighted by atomic mass is 9.87. The Morgan fingerprint density at radius 2 is 2.05 bits per heavy atom. The summed E-state index contributed by atoms with van der Waals surface area (Å²) >= 11 is 0. The van der Waals surface area contributed by atoms with E-state index in [1.165, 1.54) is 0 Å². The molecule has 0 aromatic carbocycles. The summed E-state index contributed by atoms with van der Waals surface area (Å²) in [7, 11) is 0. The first-order valence-corrected chi connectivity index (χ1v) is 8.28. The molecular formula is C16H31NO3. The van der Waals surface area contributed by atoms with Crippen molar-refractivity contribution in [2.45, 2.75) is 70.8 Å². The van der Waals surface area contributed by atoms with Gasteiger partial charge in [0.25, 0.3) is 0 Å². The van der Waals surface area contributed by atoms with Crippen LogP contribution in [0.1, 0.15) is 52.9 Å². The van der Waals surface area contributed by atoms with E-state index >= 15 is 0 Å². The summed E-state index contributed by atoms with van der Waals surface area (Å²) in [5.74, 6) is 0.334. The molecule has 0 aromatic heterocycles. The van der Waals surface area contributed by atoms with Gasteiger partial charge in [0.2, 0.25) is 0 Å². The van der Waals surface area contributed by atoms with E-state index in [2.05, 4.69) is 26.1 Å². The van der Waals surface area contributed by atoms with Crippen LogP contribution in [-0.4, -0.2) is 44.3 Å². The fourth-order valence-corrected chi connectivity index (χ4v) is 3.06. The van der Waals surface area contributed by atoms with Gasteiger partial charge in [-0.25, -0.2) is 0 Å². The van der Waals surface area contributed by atoms with Crippen LogP contribution in [0.15, 0.2) is 0 Å². The molecule has 1 saturated carbocycles. The van der Waals surface area contributed by atoms with E-state index in [0.29, 0.717) is 12.0 Å².